The van der Waals surface area contributed by atoms with Gasteiger partial charge >= 0.3 is 0 Å². The zero-order chi connectivity index (χ0) is 28.2. The molecule has 0 saturated carbocycles. The number of fused-ring (bicyclic) bond motifs is 1. The van der Waals surface area contributed by atoms with Crippen LogP contribution in [-0.4, -0.2) is 29.8 Å². The van der Waals surface area contributed by atoms with Crippen LogP contribution in [0.4, 0.5) is 5.69 Å². The smallest absolute Gasteiger partial charge is 0.265 e. The van der Waals surface area contributed by atoms with E-state index < -0.39 is 0 Å². The molecular formula is C36H34N2O2S. The number of likely N-dealkylation sites (tertiary alicyclic amines) is 1. The Kier molecular flexibility index (Phi) is 8.06. The molecule has 2 aliphatic rings. The molecule has 6 rings (SSSR count). The van der Waals surface area contributed by atoms with Crippen molar-refractivity contribution in [2.45, 2.75) is 37.6 Å². The molecule has 4 aromatic carbocycles. The Balaban J connectivity index is 1.24. The van der Waals surface area contributed by atoms with Gasteiger partial charge in [-0.25, -0.2) is 0 Å². The van der Waals surface area contributed by atoms with Gasteiger partial charge in [-0.1, -0.05) is 102 Å². The summed E-state index contributed by atoms with van der Waals surface area (Å²) < 4.78 is 0. The summed E-state index contributed by atoms with van der Waals surface area (Å²) in [6, 6.07) is 34.7. The van der Waals surface area contributed by atoms with Gasteiger partial charge in [-0.05, 0) is 73.1 Å². The molecule has 0 aromatic heterocycles. The van der Waals surface area contributed by atoms with E-state index in [0.29, 0.717) is 22.9 Å². The van der Waals surface area contributed by atoms with Gasteiger partial charge < -0.3 is 9.80 Å². The minimum atomic E-state index is -0.0424. The third-order valence-electron chi connectivity index (χ3n) is 7.96. The Morgan fingerprint density at radius 2 is 1.56 bits per heavy atom. The van der Waals surface area contributed by atoms with Crippen molar-refractivity contribution in [2.24, 2.45) is 5.92 Å². The van der Waals surface area contributed by atoms with Crippen LogP contribution in [0.15, 0.2) is 113 Å². The zero-order valence-corrected chi connectivity index (χ0v) is 24.1. The molecule has 5 heteroatoms. The highest BCUT2D eigenvalue weighted by molar-refractivity contribution is 8.04. The number of nitrogens with zero attached hydrogens (tertiary/aromatic N) is 2. The van der Waals surface area contributed by atoms with Crippen molar-refractivity contribution in [3.8, 4) is 0 Å². The van der Waals surface area contributed by atoms with Gasteiger partial charge in [0.2, 0.25) is 0 Å². The quantitative estimate of drug-likeness (QED) is 0.227. The first-order valence-electron chi connectivity index (χ1n) is 14.3. The number of hydrogen-bond donors (Lipinski definition) is 0. The van der Waals surface area contributed by atoms with E-state index in [1.165, 1.54) is 17.3 Å². The summed E-state index contributed by atoms with van der Waals surface area (Å²) >= 11 is 1.48. The maximum atomic E-state index is 13.9. The average molecular weight is 559 g/mol. The van der Waals surface area contributed by atoms with Crippen LogP contribution >= 0.6 is 11.8 Å². The summed E-state index contributed by atoms with van der Waals surface area (Å²) in [5.41, 5.74) is 6.02. The molecule has 2 amide bonds. The second-order valence-electron chi connectivity index (χ2n) is 11.0. The lowest BCUT2D eigenvalue weighted by Crippen LogP contribution is -2.39. The molecule has 0 unspecified atom stereocenters. The first-order chi connectivity index (χ1) is 20.0. The highest BCUT2D eigenvalue weighted by Gasteiger charge is 2.31. The van der Waals surface area contributed by atoms with E-state index in [4.69, 9.17) is 0 Å². The Hall–Kier alpha value is -4.09. The molecule has 2 aliphatic heterocycles. The molecule has 0 spiro atoms. The van der Waals surface area contributed by atoms with Crippen molar-refractivity contribution >= 4 is 35.3 Å². The van der Waals surface area contributed by atoms with Crippen LogP contribution in [-0.2, 0) is 17.8 Å². The number of aryl methyl sites for hydroxylation is 1. The van der Waals surface area contributed by atoms with Gasteiger partial charge in [0, 0.05) is 23.5 Å². The topological polar surface area (TPSA) is 40.6 Å². The zero-order valence-electron chi connectivity index (χ0n) is 23.3. The van der Waals surface area contributed by atoms with Gasteiger partial charge in [-0.2, -0.15) is 0 Å². The molecule has 0 radical (unpaired) electrons. The molecule has 0 aliphatic carbocycles. The number of thioether (sulfide) groups is 1. The lowest BCUT2D eigenvalue weighted by molar-refractivity contribution is -0.114. The summed E-state index contributed by atoms with van der Waals surface area (Å²) in [4.78, 5) is 33.0. The summed E-state index contributed by atoms with van der Waals surface area (Å²) in [5, 5.41) is 0. The third kappa shape index (κ3) is 6.31. The summed E-state index contributed by atoms with van der Waals surface area (Å²) in [5.74, 6) is 0.599. The van der Waals surface area contributed by atoms with Crippen LogP contribution in [0.1, 0.15) is 45.5 Å². The molecular weight excluding hydrogens is 524 g/mol. The number of hydrogen-bond acceptors (Lipinski definition) is 3. The van der Waals surface area contributed by atoms with E-state index in [1.807, 2.05) is 70.5 Å². The molecule has 2 heterocycles. The molecule has 206 valence electrons. The third-order valence-corrected chi connectivity index (χ3v) is 9.04. The van der Waals surface area contributed by atoms with Crippen LogP contribution in [0.25, 0.3) is 6.08 Å². The van der Waals surface area contributed by atoms with Crippen LogP contribution in [0.3, 0.4) is 0 Å². The number of benzene rings is 4. The van der Waals surface area contributed by atoms with E-state index in [0.717, 1.165) is 59.6 Å². The van der Waals surface area contributed by atoms with Crippen molar-refractivity contribution in [2.75, 3.05) is 18.0 Å². The molecule has 4 aromatic rings. The largest absolute Gasteiger partial charge is 0.339 e. The standard InChI is InChI=1S/C36H34N2O2S/c1-26-9-8-14-30(21-26)25-38-32-24-31(15-16-33(32)41-34(36(38)40)23-28-12-6-3-7-13-28)35(39)37-19-17-29(18-20-37)22-27-10-4-2-5-11-27/h2-16,21,23-24,29H,17-20,22,25H2,1H3/b34-23-. The highest BCUT2D eigenvalue weighted by Crippen LogP contribution is 2.43. The fourth-order valence-corrected chi connectivity index (χ4v) is 6.80. The minimum Gasteiger partial charge on any atom is -0.339 e. The first-order valence-corrected chi connectivity index (χ1v) is 15.1. The van der Waals surface area contributed by atoms with E-state index in [1.54, 1.807) is 0 Å². The minimum absolute atomic E-state index is 0.0424. The van der Waals surface area contributed by atoms with Crippen molar-refractivity contribution in [3.63, 3.8) is 0 Å². The van der Waals surface area contributed by atoms with E-state index in [-0.39, 0.29) is 11.8 Å². The molecule has 1 fully saturated rings. The van der Waals surface area contributed by atoms with Gasteiger partial charge in [-0.15, -0.1) is 0 Å². The number of rotatable bonds is 6. The number of anilines is 1. The number of carbonyl (C=O) groups is 2. The number of amides is 2. The summed E-state index contributed by atoms with van der Waals surface area (Å²) in [7, 11) is 0. The van der Waals surface area contributed by atoms with Gasteiger partial charge in [0.05, 0.1) is 17.1 Å². The molecule has 0 N–H and O–H groups in total. The Morgan fingerprint density at radius 1 is 0.854 bits per heavy atom. The second kappa shape index (κ2) is 12.2. The number of carbonyl (C=O) groups excluding carboxylic acids is 2. The Bertz CT molecular complexity index is 1570. The monoisotopic (exact) mass is 558 g/mol. The second-order valence-corrected chi connectivity index (χ2v) is 12.1. The van der Waals surface area contributed by atoms with E-state index in [9.17, 15) is 9.59 Å². The van der Waals surface area contributed by atoms with Crippen LogP contribution in [0.5, 0.6) is 0 Å². The Morgan fingerprint density at radius 3 is 2.29 bits per heavy atom. The van der Waals surface area contributed by atoms with Crippen molar-refractivity contribution in [1.82, 2.24) is 4.90 Å². The van der Waals surface area contributed by atoms with Gasteiger partial charge in [-0.3, -0.25) is 9.59 Å². The molecule has 0 bridgehead atoms. The van der Waals surface area contributed by atoms with Crippen LogP contribution < -0.4 is 4.90 Å². The summed E-state index contributed by atoms with van der Waals surface area (Å²) in [6.07, 6.45) is 5.03. The fourth-order valence-electron chi connectivity index (χ4n) is 5.76. The van der Waals surface area contributed by atoms with Crippen molar-refractivity contribution in [1.29, 1.82) is 0 Å². The van der Waals surface area contributed by atoms with E-state index in [2.05, 4.69) is 55.5 Å². The predicted octanol–water partition coefficient (Wildman–Crippen LogP) is 7.77. The molecule has 0 atom stereocenters. The fraction of sp³-hybridized carbons (Fsp3) is 0.222. The predicted molar refractivity (Wildman–Crippen MR) is 168 cm³/mol. The number of piperidine rings is 1. The van der Waals surface area contributed by atoms with Gasteiger partial charge in [0.1, 0.15) is 0 Å². The normalized spacial score (nSPS) is 16.6. The van der Waals surface area contributed by atoms with E-state index >= 15 is 0 Å². The van der Waals surface area contributed by atoms with Crippen LogP contribution in [0.2, 0.25) is 0 Å². The van der Waals surface area contributed by atoms with Crippen molar-refractivity contribution < 1.29 is 9.59 Å². The maximum Gasteiger partial charge on any atom is 0.265 e. The maximum absolute atomic E-state index is 13.9. The SMILES string of the molecule is Cc1cccc(CN2C(=O)/C(=C/c3ccccc3)Sc3ccc(C(=O)N4CCC(Cc5ccccc5)CC4)cc32)c1. The highest BCUT2D eigenvalue weighted by atomic mass is 32.2. The average Bonchev–Trinajstić information content (AvgIpc) is 3.00. The lowest BCUT2D eigenvalue weighted by Gasteiger charge is -2.33. The van der Waals surface area contributed by atoms with Gasteiger partial charge in [0.15, 0.2) is 0 Å². The molecule has 1 saturated heterocycles. The van der Waals surface area contributed by atoms with Gasteiger partial charge in [0.25, 0.3) is 11.8 Å². The van der Waals surface area contributed by atoms with Crippen molar-refractivity contribution in [3.05, 3.63) is 136 Å². The summed E-state index contributed by atoms with van der Waals surface area (Å²) in [6.45, 7) is 4.03. The molecule has 4 nitrogen and oxygen atoms in total. The first kappa shape index (κ1) is 27.1. The van der Waals surface area contributed by atoms with Crippen LogP contribution in [0, 0.1) is 12.8 Å². The Labute approximate surface area is 246 Å². The lowest BCUT2D eigenvalue weighted by atomic mass is 9.90. The molecule has 41 heavy (non-hydrogen) atoms.